The molecular weight excluding hydrogens is 853 g/mol. The number of aryl methyl sites for hydroxylation is 2. The Morgan fingerprint density at radius 2 is 1.58 bits per heavy atom. The number of likely N-dealkylation sites (N-methyl/N-ethyl adjacent to an activating group) is 1. The van der Waals surface area contributed by atoms with Crippen molar-refractivity contribution in [3.05, 3.63) is 93.8 Å². The minimum atomic E-state index is -1.25. The summed E-state index contributed by atoms with van der Waals surface area (Å²) < 4.78 is 18.2. The van der Waals surface area contributed by atoms with E-state index in [4.69, 9.17) is 41.4 Å². The molecule has 2 aliphatic rings. The van der Waals surface area contributed by atoms with Crippen LogP contribution in [0.1, 0.15) is 103 Å². The van der Waals surface area contributed by atoms with Crippen LogP contribution in [0.15, 0.2) is 54.6 Å². The lowest BCUT2D eigenvalue weighted by molar-refractivity contribution is -0.142. The minimum Gasteiger partial charge on any atom is -0.492 e. The number of carbonyl (C=O) groups excluding carboxylic acids is 5. The number of aromatic nitrogens is 2. The summed E-state index contributed by atoms with van der Waals surface area (Å²) in [5.41, 5.74) is 23.7. The van der Waals surface area contributed by atoms with Crippen molar-refractivity contribution in [2.75, 3.05) is 39.9 Å². The van der Waals surface area contributed by atoms with Gasteiger partial charge in [-0.15, -0.1) is 0 Å². The van der Waals surface area contributed by atoms with Crippen molar-refractivity contribution in [1.29, 1.82) is 5.26 Å². The number of amides is 2. The Morgan fingerprint density at radius 1 is 0.925 bits per heavy atom. The van der Waals surface area contributed by atoms with Crippen molar-refractivity contribution >= 4 is 29.2 Å². The summed E-state index contributed by atoms with van der Waals surface area (Å²) in [5, 5.41) is 12.1. The van der Waals surface area contributed by atoms with Gasteiger partial charge in [0.1, 0.15) is 30.8 Å². The van der Waals surface area contributed by atoms with Gasteiger partial charge in [-0.3, -0.25) is 24.0 Å². The van der Waals surface area contributed by atoms with Crippen molar-refractivity contribution < 1.29 is 38.2 Å². The summed E-state index contributed by atoms with van der Waals surface area (Å²) in [4.78, 5) is 82.1. The number of fused-ring (bicyclic) bond motifs is 6. The Kier molecular flexibility index (Phi) is 16.4. The highest BCUT2D eigenvalue weighted by Crippen LogP contribution is 2.41. The van der Waals surface area contributed by atoms with Gasteiger partial charge in [-0.2, -0.15) is 5.26 Å². The van der Waals surface area contributed by atoms with Gasteiger partial charge in [0.2, 0.25) is 11.8 Å². The summed E-state index contributed by atoms with van der Waals surface area (Å²) in [6.07, 6.45) is -0.426. The molecule has 0 saturated carbocycles. The van der Waals surface area contributed by atoms with Crippen molar-refractivity contribution in [3.63, 3.8) is 0 Å². The van der Waals surface area contributed by atoms with Gasteiger partial charge in [-0.25, -0.2) is 9.97 Å². The topological polar surface area (TPSA) is 256 Å². The number of nitrogens with zero attached hydrogens (tertiary/aromatic N) is 4. The second-order valence-corrected chi connectivity index (χ2v) is 17.8. The fourth-order valence-corrected chi connectivity index (χ4v) is 8.99. The molecule has 6 rings (SSSR count). The molecule has 2 aliphatic heterocycles. The van der Waals surface area contributed by atoms with E-state index in [1.165, 1.54) is 11.9 Å². The van der Waals surface area contributed by atoms with Crippen LogP contribution < -0.4 is 32.0 Å². The number of ketones is 3. The minimum absolute atomic E-state index is 0.0338. The Balaban J connectivity index is 1.38. The highest BCUT2D eigenvalue weighted by Gasteiger charge is 2.37. The number of nitrogens with two attached hydrogens (primary N) is 3. The first kappa shape index (κ1) is 50.0. The maximum absolute atomic E-state index is 14.9. The van der Waals surface area contributed by atoms with Gasteiger partial charge in [0.15, 0.2) is 23.2 Å². The molecule has 354 valence electrons. The molecule has 0 radical (unpaired) electrons. The molecule has 3 aromatic carbocycles. The first-order chi connectivity index (χ1) is 32.0. The Bertz CT molecular complexity index is 2550. The summed E-state index contributed by atoms with van der Waals surface area (Å²) >= 11 is 0. The molecule has 7 N–H and O–H groups in total. The number of rotatable bonds is 17. The van der Waals surface area contributed by atoms with E-state index in [9.17, 15) is 29.2 Å². The zero-order chi connectivity index (χ0) is 48.6. The van der Waals surface area contributed by atoms with E-state index < -0.39 is 47.1 Å². The summed E-state index contributed by atoms with van der Waals surface area (Å²) in [7, 11) is 1.50. The van der Waals surface area contributed by atoms with Crippen LogP contribution >= 0.6 is 0 Å². The third-order valence-corrected chi connectivity index (χ3v) is 12.5. The lowest BCUT2D eigenvalue weighted by Gasteiger charge is -2.32. The molecular formula is C51H62N8O8. The zero-order valence-electron chi connectivity index (χ0n) is 39.3. The predicted molar refractivity (Wildman–Crippen MR) is 252 cm³/mol. The fraction of sp³-hybridized carbons (Fsp3) is 0.451. The van der Waals surface area contributed by atoms with Gasteiger partial charge in [-0.1, -0.05) is 31.2 Å². The van der Waals surface area contributed by atoms with E-state index in [0.29, 0.717) is 63.1 Å². The van der Waals surface area contributed by atoms with E-state index in [1.54, 1.807) is 51.1 Å². The molecule has 4 aromatic rings. The van der Waals surface area contributed by atoms with Crippen LogP contribution in [0, 0.1) is 37.0 Å². The van der Waals surface area contributed by atoms with Gasteiger partial charge < -0.3 is 41.6 Å². The van der Waals surface area contributed by atoms with E-state index in [-0.39, 0.29) is 82.9 Å². The number of Topliss-reactive ketones (excluding diaryl/α,β-unsaturated/α-hetero) is 3. The monoisotopic (exact) mass is 914 g/mol. The van der Waals surface area contributed by atoms with Crippen LogP contribution in [0.5, 0.6) is 11.5 Å². The van der Waals surface area contributed by atoms with Crippen LogP contribution in [0.25, 0.3) is 22.5 Å². The van der Waals surface area contributed by atoms with E-state index in [2.05, 4.69) is 5.32 Å². The number of nitriles is 1. The van der Waals surface area contributed by atoms with Gasteiger partial charge >= 0.3 is 0 Å². The summed E-state index contributed by atoms with van der Waals surface area (Å²) in [5.74, 6) is -2.74. The average molecular weight is 915 g/mol. The molecule has 2 amide bonds. The third-order valence-electron chi connectivity index (χ3n) is 12.5. The van der Waals surface area contributed by atoms with Crippen molar-refractivity contribution in [3.8, 4) is 40.1 Å². The molecule has 0 saturated heterocycles. The Labute approximate surface area is 391 Å². The highest BCUT2D eigenvalue weighted by atomic mass is 16.5. The Hall–Kier alpha value is -6.38. The molecule has 67 heavy (non-hydrogen) atoms. The van der Waals surface area contributed by atoms with E-state index >= 15 is 0 Å². The highest BCUT2D eigenvalue weighted by molar-refractivity contribution is 6.01. The SMILES string of the molecule is Cc1nc(-c2ccc3c(c2)COC3(C)C)nc(C)c1C(=O)C[C@@H](CCN)C(=O)N(C)[C@@H]1C(=O)C[C@@H](C)C(=O)N[C@H](C(=O)CCC#N)Cc2ccc(OCCN)c(c2)-c2cc1ccc2OCCN. The van der Waals surface area contributed by atoms with Crippen molar-refractivity contribution in [2.24, 2.45) is 29.0 Å². The maximum Gasteiger partial charge on any atom is 0.226 e. The number of ether oxygens (including phenoxy) is 3. The first-order valence-electron chi connectivity index (χ1n) is 22.8. The van der Waals surface area contributed by atoms with Gasteiger partial charge in [-0.05, 0) is 99.7 Å². The zero-order valence-corrected chi connectivity index (χ0v) is 39.3. The van der Waals surface area contributed by atoms with Gasteiger partial charge in [0, 0.05) is 74.3 Å². The van der Waals surface area contributed by atoms with Crippen LogP contribution in [-0.2, 0) is 42.5 Å². The number of benzene rings is 3. The molecule has 4 bridgehead atoms. The van der Waals surface area contributed by atoms with E-state index in [1.807, 2.05) is 44.2 Å². The van der Waals surface area contributed by atoms with Gasteiger partial charge in [0.25, 0.3) is 0 Å². The predicted octanol–water partition coefficient (Wildman–Crippen LogP) is 5.11. The average Bonchev–Trinajstić information content (AvgIpc) is 3.61. The molecule has 0 spiro atoms. The lowest BCUT2D eigenvalue weighted by Crippen LogP contribution is -2.46. The molecule has 16 nitrogen and oxygen atoms in total. The number of hydrogen-bond donors (Lipinski definition) is 4. The Morgan fingerprint density at radius 3 is 2.22 bits per heavy atom. The van der Waals surface area contributed by atoms with Crippen LogP contribution in [0.2, 0.25) is 0 Å². The standard InChI is InChI=1S/C51H62N8O8/c1-29-22-43(62)47(59(6)50(64)35(15-17-53)27-42(61)46-30(2)56-48(57-31(46)3)34-10-12-39-36(25-34)28-67-51(39,4)5)33-11-14-45(66-21-19-55)38(26-33)37-23-32(9-13-44(37)65-20-18-54)24-40(58-49(29)63)41(60)8-7-16-52/h9-14,23,25-26,29,35,40,47H,7-8,15,17-22,24,27-28,53-55H2,1-6H3,(H,58,63)/t29-,35-,40+,47+/m1/s1. The number of carbonyl (C=O) groups is 5. The quantitative estimate of drug-likeness (QED) is 0.100. The summed E-state index contributed by atoms with van der Waals surface area (Å²) in [6, 6.07) is 16.2. The second-order valence-electron chi connectivity index (χ2n) is 17.8. The van der Waals surface area contributed by atoms with Crippen molar-refractivity contribution in [1.82, 2.24) is 20.2 Å². The van der Waals surface area contributed by atoms with Crippen LogP contribution in [0.3, 0.4) is 0 Å². The number of hydrogen-bond acceptors (Lipinski definition) is 14. The molecule has 0 unspecified atom stereocenters. The molecule has 0 aliphatic carbocycles. The summed E-state index contributed by atoms with van der Waals surface area (Å²) in [6.45, 7) is 10.4. The van der Waals surface area contributed by atoms with Crippen LogP contribution in [-0.4, -0.2) is 90.0 Å². The fourth-order valence-electron chi connectivity index (χ4n) is 8.99. The van der Waals surface area contributed by atoms with Crippen molar-refractivity contribution in [2.45, 2.75) is 97.4 Å². The second kappa shape index (κ2) is 21.9. The first-order valence-corrected chi connectivity index (χ1v) is 22.8. The lowest BCUT2D eigenvalue weighted by atomic mass is 9.88. The maximum atomic E-state index is 14.9. The normalized spacial score (nSPS) is 18.2. The smallest absolute Gasteiger partial charge is 0.226 e. The molecule has 0 fully saturated rings. The number of nitrogens with one attached hydrogen (secondary N) is 1. The third kappa shape index (κ3) is 11.4. The van der Waals surface area contributed by atoms with E-state index in [0.717, 1.165) is 16.7 Å². The van der Waals surface area contributed by atoms with Crippen LogP contribution in [0.4, 0.5) is 0 Å². The molecule has 3 heterocycles. The molecule has 1 aromatic heterocycles. The molecule has 16 heteroatoms. The molecule has 4 atom stereocenters. The largest absolute Gasteiger partial charge is 0.492 e. The van der Waals surface area contributed by atoms with Gasteiger partial charge in [0.05, 0.1) is 41.3 Å².